The van der Waals surface area contributed by atoms with Crippen LogP contribution < -0.4 is 5.32 Å². The van der Waals surface area contributed by atoms with Gasteiger partial charge in [-0.3, -0.25) is 5.10 Å². The zero-order valence-electron chi connectivity index (χ0n) is 13.2. The summed E-state index contributed by atoms with van der Waals surface area (Å²) in [6.45, 7) is 2.75. The second-order valence-electron chi connectivity index (χ2n) is 5.54. The topological polar surface area (TPSA) is 92.5 Å². The molecule has 0 atom stereocenters. The number of nitrogens with one attached hydrogen (secondary N) is 2. The number of aromatic nitrogens is 5. The molecule has 0 unspecified atom stereocenters. The average molecular weight is 320 g/mol. The van der Waals surface area contributed by atoms with Crippen LogP contribution in [0.2, 0.25) is 0 Å². The highest BCUT2D eigenvalue weighted by Crippen LogP contribution is 2.20. The number of oxazole rings is 1. The number of hydrogen-bond donors (Lipinski definition) is 2. The summed E-state index contributed by atoms with van der Waals surface area (Å²) in [5, 5.41) is 11.0. The van der Waals surface area contributed by atoms with E-state index in [1.54, 1.807) is 12.5 Å². The van der Waals surface area contributed by atoms with Gasteiger partial charge in [0, 0.05) is 18.5 Å². The fraction of sp³-hybridized carbons (Fsp3) is 0.176. The molecule has 0 aliphatic rings. The third kappa shape index (κ3) is 2.83. The van der Waals surface area contributed by atoms with Gasteiger partial charge in [-0.2, -0.15) is 5.10 Å². The van der Waals surface area contributed by atoms with E-state index in [2.05, 4.69) is 37.4 Å². The van der Waals surface area contributed by atoms with Gasteiger partial charge in [0.15, 0.2) is 5.65 Å². The maximum atomic E-state index is 5.57. The van der Waals surface area contributed by atoms with Gasteiger partial charge in [-0.25, -0.2) is 15.0 Å². The number of rotatable bonds is 5. The number of H-pyrrole nitrogens is 1. The predicted molar refractivity (Wildman–Crippen MR) is 90.6 cm³/mol. The van der Waals surface area contributed by atoms with Crippen LogP contribution in [-0.2, 0) is 6.42 Å². The van der Waals surface area contributed by atoms with Crippen molar-refractivity contribution in [3.05, 3.63) is 54.3 Å². The van der Waals surface area contributed by atoms with Gasteiger partial charge in [0.25, 0.3) is 0 Å². The van der Waals surface area contributed by atoms with Crippen LogP contribution in [0, 0.1) is 6.92 Å². The first-order valence-electron chi connectivity index (χ1n) is 7.69. The minimum Gasteiger partial charge on any atom is -0.444 e. The Morgan fingerprint density at radius 3 is 2.92 bits per heavy atom. The second kappa shape index (κ2) is 6.11. The van der Waals surface area contributed by atoms with Crippen molar-refractivity contribution < 1.29 is 4.42 Å². The molecule has 0 fully saturated rings. The average Bonchev–Trinajstić information content (AvgIpc) is 3.25. The fourth-order valence-corrected chi connectivity index (χ4v) is 2.47. The molecule has 4 rings (SSSR count). The number of hydrogen-bond acceptors (Lipinski definition) is 6. The summed E-state index contributed by atoms with van der Waals surface area (Å²) >= 11 is 0. The zero-order chi connectivity index (χ0) is 16.4. The highest BCUT2D eigenvalue weighted by molar-refractivity contribution is 5.85. The molecule has 0 saturated heterocycles. The van der Waals surface area contributed by atoms with Crippen LogP contribution >= 0.6 is 0 Å². The quantitative estimate of drug-likeness (QED) is 0.587. The molecule has 7 nitrogen and oxygen atoms in total. The number of fused-ring (bicyclic) bond motifs is 1. The van der Waals surface area contributed by atoms with E-state index in [4.69, 9.17) is 4.42 Å². The number of aromatic amines is 1. The van der Waals surface area contributed by atoms with Crippen LogP contribution in [0.1, 0.15) is 11.3 Å². The lowest BCUT2D eigenvalue weighted by Crippen LogP contribution is -2.07. The van der Waals surface area contributed by atoms with Crippen molar-refractivity contribution in [1.29, 1.82) is 0 Å². The van der Waals surface area contributed by atoms with Crippen LogP contribution in [0.25, 0.3) is 22.5 Å². The van der Waals surface area contributed by atoms with E-state index >= 15 is 0 Å². The van der Waals surface area contributed by atoms with Gasteiger partial charge in [0.05, 0.1) is 17.3 Å². The van der Waals surface area contributed by atoms with Crippen molar-refractivity contribution in [2.24, 2.45) is 0 Å². The number of nitrogens with zero attached hydrogens (tertiary/aromatic N) is 4. The van der Waals surface area contributed by atoms with Gasteiger partial charge in [0.1, 0.15) is 18.4 Å². The van der Waals surface area contributed by atoms with E-state index in [-0.39, 0.29) is 0 Å². The second-order valence-corrected chi connectivity index (χ2v) is 5.54. The first-order valence-corrected chi connectivity index (χ1v) is 7.69. The molecule has 0 aliphatic carbocycles. The highest BCUT2D eigenvalue weighted by Gasteiger charge is 2.08. The van der Waals surface area contributed by atoms with Crippen molar-refractivity contribution >= 4 is 16.9 Å². The Morgan fingerprint density at radius 1 is 1.17 bits per heavy atom. The Morgan fingerprint density at radius 2 is 2.04 bits per heavy atom. The van der Waals surface area contributed by atoms with E-state index in [0.29, 0.717) is 12.4 Å². The first-order chi connectivity index (χ1) is 11.8. The lowest BCUT2D eigenvalue weighted by atomic mass is 10.1. The molecule has 0 amide bonds. The summed E-state index contributed by atoms with van der Waals surface area (Å²) in [6, 6.07) is 8.12. The Kier molecular flexibility index (Phi) is 3.66. The van der Waals surface area contributed by atoms with E-state index in [1.165, 1.54) is 11.9 Å². The van der Waals surface area contributed by atoms with Gasteiger partial charge < -0.3 is 9.73 Å². The van der Waals surface area contributed by atoms with Crippen LogP contribution in [0.3, 0.4) is 0 Å². The van der Waals surface area contributed by atoms with Crippen LogP contribution in [0.5, 0.6) is 0 Å². The standard InChI is InChI=1S/C17H16N6O/c1-11-2-4-12(5-3-11)17-22-13(9-24-17)6-7-18-15-14-8-21-23-16(14)20-10-19-15/h2-5,8-10H,6-7H2,1H3,(H2,18,19,20,21,23). The minimum atomic E-state index is 0.643. The van der Waals surface area contributed by atoms with Crippen LogP contribution in [-0.4, -0.2) is 31.7 Å². The summed E-state index contributed by atoms with van der Waals surface area (Å²) < 4.78 is 5.57. The molecule has 0 saturated carbocycles. The van der Waals surface area contributed by atoms with Crippen molar-refractivity contribution in [3.63, 3.8) is 0 Å². The Labute approximate surface area is 138 Å². The maximum Gasteiger partial charge on any atom is 0.226 e. The Hall–Kier alpha value is -3.22. The molecular weight excluding hydrogens is 304 g/mol. The van der Waals surface area contributed by atoms with Crippen molar-refractivity contribution in [3.8, 4) is 11.5 Å². The van der Waals surface area contributed by atoms with E-state index in [9.17, 15) is 0 Å². The van der Waals surface area contributed by atoms with E-state index in [1.807, 2.05) is 24.3 Å². The van der Waals surface area contributed by atoms with Crippen LogP contribution in [0.15, 0.2) is 47.5 Å². The Bertz CT molecular complexity index is 957. The van der Waals surface area contributed by atoms with Gasteiger partial charge in [-0.05, 0) is 19.1 Å². The molecular formula is C17H16N6O. The molecule has 24 heavy (non-hydrogen) atoms. The highest BCUT2D eigenvalue weighted by atomic mass is 16.3. The summed E-state index contributed by atoms with van der Waals surface area (Å²) in [5.41, 5.74) is 3.81. The zero-order valence-corrected chi connectivity index (χ0v) is 13.2. The molecule has 120 valence electrons. The first kappa shape index (κ1) is 14.4. The molecule has 0 aliphatic heterocycles. The normalized spacial score (nSPS) is 11.0. The minimum absolute atomic E-state index is 0.643. The monoisotopic (exact) mass is 320 g/mol. The van der Waals surface area contributed by atoms with Gasteiger partial charge >= 0.3 is 0 Å². The van der Waals surface area contributed by atoms with Gasteiger partial charge in [-0.15, -0.1) is 0 Å². The van der Waals surface area contributed by atoms with E-state index < -0.39 is 0 Å². The van der Waals surface area contributed by atoms with Crippen LogP contribution in [0.4, 0.5) is 5.82 Å². The molecule has 1 aromatic carbocycles. The summed E-state index contributed by atoms with van der Waals surface area (Å²) in [7, 11) is 0. The molecule has 4 aromatic rings. The van der Waals surface area contributed by atoms with Crippen molar-refractivity contribution in [1.82, 2.24) is 25.1 Å². The molecule has 0 bridgehead atoms. The largest absolute Gasteiger partial charge is 0.444 e. The summed E-state index contributed by atoms with van der Waals surface area (Å²) in [4.78, 5) is 12.9. The molecule has 0 radical (unpaired) electrons. The van der Waals surface area contributed by atoms with Gasteiger partial charge in [0.2, 0.25) is 5.89 Å². The van der Waals surface area contributed by atoms with E-state index in [0.717, 1.165) is 34.5 Å². The Balaban J connectivity index is 1.41. The fourth-order valence-electron chi connectivity index (χ4n) is 2.47. The lowest BCUT2D eigenvalue weighted by Gasteiger charge is -2.04. The molecule has 0 spiro atoms. The SMILES string of the molecule is Cc1ccc(-c2nc(CCNc3ncnc4[nH]ncc34)co2)cc1. The molecule has 7 heteroatoms. The smallest absolute Gasteiger partial charge is 0.226 e. The number of anilines is 1. The predicted octanol–water partition coefficient (Wildman–Crippen LogP) is 2.97. The molecule has 3 heterocycles. The number of benzene rings is 1. The maximum absolute atomic E-state index is 5.57. The molecule has 3 aromatic heterocycles. The van der Waals surface area contributed by atoms with Gasteiger partial charge in [-0.1, -0.05) is 17.7 Å². The van der Waals surface area contributed by atoms with Crippen molar-refractivity contribution in [2.45, 2.75) is 13.3 Å². The third-order valence-electron chi connectivity index (χ3n) is 3.77. The molecule has 2 N–H and O–H groups in total. The lowest BCUT2D eigenvalue weighted by molar-refractivity contribution is 0.572. The number of aryl methyl sites for hydroxylation is 1. The summed E-state index contributed by atoms with van der Waals surface area (Å²) in [5.74, 6) is 1.40. The third-order valence-corrected chi connectivity index (χ3v) is 3.77. The van der Waals surface area contributed by atoms with Crippen molar-refractivity contribution in [2.75, 3.05) is 11.9 Å². The summed E-state index contributed by atoms with van der Waals surface area (Å²) in [6.07, 6.45) is 5.65.